The number of carbonyl (C=O) groups excluding carboxylic acids is 2. The lowest BCUT2D eigenvalue weighted by molar-refractivity contribution is -0.140. The summed E-state index contributed by atoms with van der Waals surface area (Å²) in [5.74, 6) is -0.119. The van der Waals surface area contributed by atoms with E-state index in [-0.39, 0.29) is 37.1 Å². The Morgan fingerprint density at radius 2 is 1.73 bits per heavy atom. The molecule has 0 bridgehead atoms. The second-order valence-corrected chi connectivity index (χ2v) is 7.11. The first-order valence-electron chi connectivity index (χ1n) is 9.91. The summed E-state index contributed by atoms with van der Waals surface area (Å²) in [6, 6.07) is 18.5. The van der Waals surface area contributed by atoms with E-state index in [1.54, 1.807) is 37.5 Å². The average molecular weight is 408 g/mol. The van der Waals surface area contributed by atoms with Crippen LogP contribution in [0.5, 0.6) is 0 Å². The monoisotopic (exact) mass is 408 g/mol. The Morgan fingerprint density at radius 1 is 1.00 bits per heavy atom. The predicted octanol–water partition coefficient (Wildman–Crippen LogP) is 4.09. The maximum atomic E-state index is 13.3. The molecule has 0 saturated heterocycles. The zero-order valence-corrected chi connectivity index (χ0v) is 16.9. The Morgan fingerprint density at radius 3 is 2.40 bits per heavy atom. The molecule has 30 heavy (non-hydrogen) atoms. The fourth-order valence-electron chi connectivity index (χ4n) is 3.14. The van der Waals surface area contributed by atoms with E-state index >= 15 is 0 Å². The van der Waals surface area contributed by atoms with Gasteiger partial charge in [0.2, 0.25) is 11.8 Å². The van der Waals surface area contributed by atoms with Gasteiger partial charge in [-0.3, -0.25) is 9.59 Å². The summed E-state index contributed by atoms with van der Waals surface area (Å²) >= 11 is 0. The first-order chi connectivity index (χ1) is 14.5. The van der Waals surface area contributed by atoms with Crippen LogP contribution in [0.25, 0.3) is 0 Å². The summed E-state index contributed by atoms with van der Waals surface area (Å²) in [4.78, 5) is 27.3. The molecule has 156 valence electrons. The summed E-state index contributed by atoms with van der Waals surface area (Å²) in [5.41, 5.74) is 1.82. The molecule has 2 aromatic carbocycles. The maximum absolute atomic E-state index is 13.3. The van der Waals surface area contributed by atoms with Crippen molar-refractivity contribution in [2.75, 3.05) is 0 Å². The van der Waals surface area contributed by atoms with Gasteiger partial charge >= 0.3 is 0 Å². The number of nitrogens with one attached hydrogen (secondary N) is 1. The van der Waals surface area contributed by atoms with Gasteiger partial charge in [-0.15, -0.1) is 0 Å². The van der Waals surface area contributed by atoms with Crippen molar-refractivity contribution in [2.45, 2.75) is 38.9 Å². The molecule has 0 aliphatic heterocycles. The first-order valence-corrected chi connectivity index (χ1v) is 9.91. The van der Waals surface area contributed by atoms with Crippen molar-refractivity contribution in [2.24, 2.45) is 0 Å². The third-order valence-electron chi connectivity index (χ3n) is 4.92. The molecule has 5 nitrogen and oxygen atoms in total. The van der Waals surface area contributed by atoms with Crippen molar-refractivity contribution >= 4 is 11.8 Å². The molecule has 2 amide bonds. The summed E-state index contributed by atoms with van der Waals surface area (Å²) in [7, 11) is 0. The van der Waals surface area contributed by atoms with Gasteiger partial charge in [-0.2, -0.15) is 0 Å². The summed E-state index contributed by atoms with van der Waals surface area (Å²) in [6.07, 6.45) is 2.40. The van der Waals surface area contributed by atoms with Crippen LogP contribution in [0, 0.1) is 5.82 Å². The highest BCUT2D eigenvalue weighted by molar-refractivity contribution is 5.87. The van der Waals surface area contributed by atoms with Gasteiger partial charge < -0.3 is 14.6 Å². The number of rotatable bonds is 9. The largest absolute Gasteiger partial charge is 0.467 e. The molecule has 3 rings (SSSR count). The molecule has 0 radical (unpaired) electrons. The van der Waals surface area contributed by atoms with Gasteiger partial charge in [0.05, 0.1) is 12.8 Å². The van der Waals surface area contributed by atoms with E-state index in [1.165, 1.54) is 17.0 Å². The SMILES string of the molecule is CC(C(=O)NCc1ccco1)N(Cc1ccc(F)cc1)C(=O)CCc1ccccc1. The fourth-order valence-corrected chi connectivity index (χ4v) is 3.14. The number of hydrogen-bond acceptors (Lipinski definition) is 3. The Bertz CT molecular complexity index is 940. The summed E-state index contributed by atoms with van der Waals surface area (Å²) < 4.78 is 18.5. The molecule has 6 heteroatoms. The van der Waals surface area contributed by atoms with Gasteiger partial charge in [0.15, 0.2) is 0 Å². The van der Waals surface area contributed by atoms with E-state index in [0.717, 1.165) is 11.1 Å². The van der Waals surface area contributed by atoms with Crippen LogP contribution in [0.4, 0.5) is 4.39 Å². The third kappa shape index (κ3) is 6.04. The van der Waals surface area contributed by atoms with Crippen LogP contribution < -0.4 is 5.32 Å². The van der Waals surface area contributed by atoms with Crippen LogP contribution in [0.2, 0.25) is 0 Å². The molecule has 0 aliphatic rings. The number of benzene rings is 2. The second kappa shape index (κ2) is 10.4. The number of nitrogens with zero attached hydrogens (tertiary/aromatic N) is 1. The standard InChI is InChI=1S/C24H25FN2O3/c1-18(24(29)26-16-22-8-5-15-30-22)27(17-20-9-12-21(25)13-10-20)23(28)14-11-19-6-3-2-4-7-19/h2-10,12-13,15,18H,11,14,16-17H2,1H3,(H,26,29). The minimum absolute atomic E-state index is 0.135. The quantitative estimate of drug-likeness (QED) is 0.580. The molecule has 3 aromatic rings. The first kappa shape index (κ1) is 21.3. The van der Waals surface area contributed by atoms with Crippen LogP contribution in [-0.4, -0.2) is 22.8 Å². The van der Waals surface area contributed by atoms with Crippen molar-refractivity contribution in [3.05, 3.63) is 95.7 Å². The Labute approximate surface area is 175 Å². The van der Waals surface area contributed by atoms with Gasteiger partial charge in [0.1, 0.15) is 17.6 Å². The topological polar surface area (TPSA) is 62.6 Å². The molecule has 1 unspecified atom stereocenters. The van der Waals surface area contributed by atoms with Gasteiger partial charge in [0.25, 0.3) is 0 Å². The molecule has 1 heterocycles. The summed E-state index contributed by atoms with van der Waals surface area (Å²) in [6.45, 7) is 2.17. The van der Waals surface area contributed by atoms with E-state index in [4.69, 9.17) is 4.42 Å². The minimum atomic E-state index is -0.687. The highest BCUT2D eigenvalue weighted by Gasteiger charge is 2.26. The zero-order chi connectivity index (χ0) is 21.3. The Kier molecular flexibility index (Phi) is 7.38. The normalized spacial score (nSPS) is 11.7. The van der Waals surface area contributed by atoms with Gasteiger partial charge in [-0.25, -0.2) is 4.39 Å². The van der Waals surface area contributed by atoms with Crippen molar-refractivity contribution < 1.29 is 18.4 Å². The molecule has 0 aliphatic carbocycles. The Hall–Kier alpha value is -3.41. The van der Waals surface area contributed by atoms with Crippen molar-refractivity contribution in [3.8, 4) is 0 Å². The van der Waals surface area contributed by atoms with E-state index in [1.807, 2.05) is 30.3 Å². The Balaban J connectivity index is 1.68. The van der Waals surface area contributed by atoms with Crippen molar-refractivity contribution in [1.29, 1.82) is 0 Å². The van der Waals surface area contributed by atoms with Crippen molar-refractivity contribution in [1.82, 2.24) is 10.2 Å². The van der Waals surface area contributed by atoms with E-state index in [2.05, 4.69) is 5.32 Å². The van der Waals surface area contributed by atoms with Crippen molar-refractivity contribution in [3.63, 3.8) is 0 Å². The lowest BCUT2D eigenvalue weighted by Gasteiger charge is -2.29. The van der Waals surface area contributed by atoms with Crippen LogP contribution in [-0.2, 0) is 29.1 Å². The number of carbonyl (C=O) groups is 2. The van der Waals surface area contributed by atoms with Crippen LogP contribution >= 0.6 is 0 Å². The molecule has 0 fully saturated rings. The minimum Gasteiger partial charge on any atom is -0.467 e. The molecular formula is C24H25FN2O3. The smallest absolute Gasteiger partial charge is 0.242 e. The second-order valence-electron chi connectivity index (χ2n) is 7.11. The molecule has 1 aromatic heterocycles. The van der Waals surface area contributed by atoms with E-state index in [9.17, 15) is 14.0 Å². The number of amides is 2. The molecular weight excluding hydrogens is 383 g/mol. The van der Waals surface area contributed by atoms with Crippen LogP contribution in [0.1, 0.15) is 30.2 Å². The summed E-state index contributed by atoms with van der Waals surface area (Å²) in [5, 5.41) is 2.80. The van der Waals surface area contributed by atoms with Gasteiger partial charge in [-0.1, -0.05) is 42.5 Å². The maximum Gasteiger partial charge on any atom is 0.242 e. The third-order valence-corrected chi connectivity index (χ3v) is 4.92. The van der Waals surface area contributed by atoms with E-state index in [0.29, 0.717) is 12.2 Å². The molecule has 1 N–H and O–H groups in total. The highest BCUT2D eigenvalue weighted by Crippen LogP contribution is 2.14. The fraction of sp³-hybridized carbons (Fsp3) is 0.250. The number of furan rings is 1. The lowest BCUT2D eigenvalue weighted by Crippen LogP contribution is -2.47. The molecule has 1 atom stereocenters. The van der Waals surface area contributed by atoms with Crippen LogP contribution in [0.15, 0.2) is 77.4 Å². The van der Waals surface area contributed by atoms with Gasteiger partial charge in [-0.05, 0) is 48.7 Å². The average Bonchev–Trinajstić information content (AvgIpc) is 3.29. The molecule has 0 spiro atoms. The highest BCUT2D eigenvalue weighted by atomic mass is 19.1. The molecule has 0 saturated carbocycles. The number of hydrogen-bond donors (Lipinski definition) is 1. The lowest BCUT2D eigenvalue weighted by atomic mass is 10.1. The van der Waals surface area contributed by atoms with Gasteiger partial charge in [0, 0.05) is 13.0 Å². The zero-order valence-electron chi connectivity index (χ0n) is 16.9. The number of aryl methyl sites for hydroxylation is 1. The van der Waals surface area contributed by atoms with E-state index < -0.39 is 6.04 Å². The number of halogens is 1. The van der Waals surface area contributed by atoms with Crippen LogP contribution in [0.3, 0.4) is 0 Å². The predicted molar refractivity (Wildman–Crippen MR) is 112 cm³/mol.